The molecular formula is C26H36F3N5OS2. The quantitative estimate of drug-likeness (QED) is 0.314. The van der Waals surface area contributed by atoms with Crippen LogP contribution < -0.4 is 4.90 Å². The van der Waals surface area contributed by atoms with Crippen LogP contribution in [-0.4, -0.2) is 86.7 Å². The van der Waals surface area contributed by atoms with Crippen LogP contribution in [0.1, 0.15) is 49.9 Å². The summed E-state index contributed by atoms with van der Waals surface area (Å²) in [6.45, 7) is 5.35. The monoisotopic (exact) mass is 555 g/mol. The maximum atomic E-state index is 13.2. The number of amides is 1. The van der Waals surface area contributed by atoms with Gasteiger partial charge in [0.2, 0.25) is 0 Å². The first kappa shape index (κ1) is 26.7. The maximum absolute atomic E-state index is 13.2. The molecule has 1 unspecified atom stereocenters. The number of anilines is 1. The topological polar surface area (TPSA) is 54.3 Å². The van der Waals surface area contributed by atoms with Crippen molar-refractivity contribution in [3.05, 3.63) is 30.0 Å². The molecule has 5 rings (SSSR count). The van der Waals surface area contributed by atoms with Crippen LogP contribution in [0.4, 0.5) is 19.0 Å². The van der Waals surface area contributed by atoms with Crippen LogP contribution in [0, 0.1) is 5.41 Å². The van der Waals surface area contributed by atoms with Gasteiger partial charge in [-0.1, -0.05) is 0 Å². The summed E-state index contributed by atoms with van der Waals surface area (Å²) >= 11 is 1.34. The van der Waals surface area contributed by atoms with E-state index in [1.54, 1.807) is 35.9 Å². The number of carbonyl (C=O) groups is 1. The van der Waals surface area contributed by atoms with Gasteiger partial charge in [-0.05, 0) is 75.5 Å². The summed E-state index contributed by atoms with van der Waals surface area (Å²) in [6.07, 6.45) is 1.75. The van der Waals surface area contributed by atoms with Gasteiger partial charge in [-0.15, -0.1) is 11.8 Å². The Morgan fingerprint density at radius 1 is 1.22 bits per heavy atom. The fourth-order valence-corrected chi connectivity index (χ4v) is 9.31. The van der Waals surface area contributed by atoms with Crippen molar-refractivity contribution in [1.82, 2.24) is 19.7 Å². The highest BCUT2D eigenvalue weighted by atomic mass is 32.3. The van der Waals surface area contributed by atoms with E-state index in [-0.39, 0.29) is 30.7 Å². The molecule has 37 heavy (non-hydrogen) atoms. The molecule has 0 radical (unpaired) electrons. The van der Waals surface area contributed by atoms with Gasteiger partial charge in [-0.25, -0.2) is 19.7 Å². The molecule has 2 aliphatic heterocycles. The third-order valence-electron chi connectivity index (χ3n) is 8.33. The zero-order valence-electron chi connectivity index (χ0n) is 22.1. The van der Waals surface area contributed by atoms with Gasteiger partial charge >= 0.3 is 6.18 Å². The normalized spacial score (nSPS) is 24.1. The number of hydrogen-bond donors (Lipinski definition) is 0. The lowest BCUT2D eigenvalue weighted by molar-refractivity contribution is -0.187. The summed E-state index contributed by atoms with van der Waals surface area (Å²) in [4.78, 5) is 22.0. The van der Waals surface area contributed by atoms with Gasteiger partial charge in [0.05, 0.1) is 11.0 Å². The van der Waals surface area contributed by atoms with Crippen LogP contribution in [0.15, 0.2) is 29.4 Å². The number of halogens is 3. The molecule has 2 aromatic heterocycles. The van der Waals surface area contributed by atoms with E-state index in [1.165, 1.54) is 23.3 Å². The standard InChI is InChI=1S/C26H36F3N5OS2/c1-24(2)16-18(37(5)14-15-37)17-33(24)22-19(23(35)32(3)4)6-7-20(30-22)34-12-8-21(31-34)36-13-11-25(9-10-25)26(27,28)29/h6-8,12,18H,9-11,13-17H2,1-5H3. The number of nitrogens with zero attached hydrogens (tertiary/aromatic N) is 5. The fourth-order valence-electron chi connectivity index (χ4n) is 5.27. The third-order valence-corrected chi connectivity index (χ3v) is 12.9. The van der Waals surface area contributed by atoms with E-state index in [0.717, 1.165) is 13.0 Å². The van der Waals surface area contributed by atoms with Crippen LogP contribution >= 0.6 is 21.8 Å². The van der Waals surface area contributed by atoms with Gasteiger partial charge < -0.3 is 9.80 Å². The molecule has 1 aliphatic carbocycles. The van der Waals surface area contributed by atoms with Crippen molar-refractivity contribution in [2.75, 3.05) is 49.1 Å². The minimum absolute atomic E-state index is 0.0892. The second-order valence-corrected chi connectivity index (χ2v) is 17.0. The molecule has 0 bridgehead atoms. The van der Waals surface area contributed by atoms with Crippen molar-refractivity contribution in [2.45, 2.75) is 61.5 Å². The molecule has 204 valence electrons. The van der Waals surface area contributed by atoms with E-state index in [4.69, 9.17) is 4.98 Å². The Kier molecular flexibility index (Phi) is 6.57. The minimum atomic E-state index is -4.13. The number of thioether (sulfide) groups is 1. The largest absolute Gasteiger partial charge is 0.394 e. The number of rotatable bonds is 8. The second-order valence-electron chi connectivity index (χ2n) is 11.7. The fraction of sp³-hybridized carbons (Fsp3) is 0.654. The minimum Gasteiger partial charge on any atom is -0.350 e. The van der Waals surface area contributed by atoms with Crippen LogP contribution in [0.3, 0.4) is 0 Å². The summed E-state index contributed by atoms with van der Waals surface area (Å²) in [5.41, 5.74) is -1.05. The van der Waals surface area contributed by atoms with Crippen LogP contribution in [0.2, 0.25) is 0 Å². The molecule has 3 aliphatic rings. The van der Waals surface area contributed by atoms with E-state index in [2.05, 4.69) is 30.1 Å². The second kappa shape index (κ2) is 9.10. The Bertz CT molecular complexity index is 1190. The average molecular weight is 556 g/mol. The van der Waals surface area contributed by atoms with Crippen LogP contribution in [0.25, 0.3) is 5.82 Å². The van der Waals surface area contributed by atoms with Crippen molar-refractivity contribution in [2.24, 2.45) is 5.41 Å². The third kappa shape index (κ3) is 5.10. The number of alkyl halides is 3. The molecular weight excluding hydrogens is 519 g/mol. The first-order valence-electron chi connectivity index (χ1n) is 12.7. The summed E-state index contributed by atoms with van der Waals surface area (Å²) in [7, 11) is 2.94. The summed E-state index contributed by atoms with van der Waals surface area (Å²) < 4.78 is 41.4. The maximum Gasteiger partial charge on any atom is 0.394 e. The van der Waals surface area contributed by atoms with E-state index in [1.807, 2.05) is 12.1 Å². The SMILES string of the molecule is CN(C)C(=O)c1ccc(-n2ccc(SCCC3(C(F)(F)F)CC3)n2)nc1N1CC(S2(C)CC2)CC1(C)C. The summed E-state index contributed by atoms with van der Waals surface area (Å²) in [6, 6.07) is 5.42. The summed E-state index contributed by atoms with van der Waals surface area (Å²) in [5, 5.41) is 5.89. The predicted octanol–water partition coefficient (Wildman–Crippen LogP) is 5.60. The number of carbonyl (C=O) groups excluding carboxylic acids is 1. The highest BCUT2D eigenvalue weighted by Crippen LogP contribution is 2.65. The number of aromatic nitrogens is 3. The Balaban J connectivity index is 1.38. The molecule has 2 saturated heterocycles. The van der Waals surface area contributed by atoms with E-state index in [0.29, 0.717) is 33.2 Å². The predicted molar refractivity (Wildman–Crippen MR) is 146 cm³/mol. The van der Waals surface area contributed by atoms with Gasteiger partial charge in [0.1, 0.15) is 10.8 Å². The molecule has 0 N–H and O–H groups in total. The van der Waals surface area contributed by atoms with Crippen molar-refractivity contribution in [1.29, 1.82) is 0 Å². The van der Waals surface area contributed by atoms with E-state index < -0.39 is 21.6 Å². The molecule has 2 aromatic rings. The smallest absolute Gasteiger partial charge is 0.350 e. The summed E-state index contributed by atoms with van der Waals surface area (Å²) in [5.74, 6) is 4.21. The van der Waals surface area contributed by atoms with Crippen LogP contribution in [0.5, 0.6) is 0 Å². The van der Waals surface area contributed by atoms with Crippen molar-refractivity contribution in [3.63, 3.8) is 0 Å². The molecule has 1 atom stereocenters. The molecule has 0 aromatic carbocycles. The Morgan fingerprint density at radius 3 is 2.51 bits per heavy atom. The molecule has 6 nitrogen and oxygen atoms in total. The number of pyridine rings is 1. The molecule has 1 saturated carbocycles. The first-order chi connectivity index (χ1) is 17.2. The lowest BCUT2D eigenvalue weighted by Crippen LogP contribution is -2.40. The van der Waals surface area contributed by atoms with Crippen molar-refractivity contribution in [3.8, 4) is 5.82 Å². The zero-order valence-corrected chi connectivity index (χ0v) is 23.8. The van der Waals surface area contributed by atoms with Crippen molar-refractivity contribution < 1.29 is 18.0 Å². The Labute approximate surface area is 222 Å². The molecule has 11 heteroatoms. The van der Waals surface area contributed by atoms with Crippen molar-refractivity contribution >= 4 is 33.5 Å². The molecule has 3 fully saturated rings. The Hall–Kier alpha value is -1.88. The van der Waals surface area contributed by atoms with Gasteiger partial charge in [0, 0.05) is 43.4 Å². The van der Waals surface area contributed by atoms with Gasteiger partial charge in [-0.2, -0.15) is 18.3 Å². The van der Waals surface area contributed by atoms with E-state index in [9.17, 15) is 18.0 Å². The molecule has 0 spiro atoms. The molecule has 4 heterocycles. The lowest BCUT2D eigenvalue weighted by Gasteiger charge is -2.34. The van der Waals surface area contributed by atoms with Crippen LogP contribution in [-0.2, 0) is 0 Å². The lowest BCUT2D eigenvalue weighted by atomic mass is 10.0. The van der Waals surface area contributed by atoms with E-state index >= 15 is 0 Å². The highest BCUT2D eigenvalue weighted by Gasteiger charge is 2.62. The van der Waals surface area contributed by atoms with Gasteiger partial charge in [0.15, 0.2) is 5.82 Å². The van der Waals surface area contributed by atoms with Gasteiger partial charge in [0.25, 0.3) is 5.91 Å². The van der Waals surface area contributed by atoms with Gasteiger partial charge in [-0.3, -0.25) is 4.79 Å². The molecule has 1 amide bonds. The number of hydrogen-bond acceptors (Lipinski definition) is 5. The highest BCUT2D eigenvalue weighted by molar-refractivity contribution is 8.39. The first-order valence-corrected chi connectivity index (χ1v) is 16.2. The zero-order chi connectivity index (χ0) is 26.8. The average Bonchev–Trinajstić information content (AvgIpc) is 3.69. The Morgan fingerprint density at radius 2 is 1.92 bits per heavy atom.